The molecule has 0 aliphatic rings. The zero-order chi connectivity index (χ0) is 8.69. The van der Waals surface area contributed by atoms with Crippen molar-refractivity contribution in [3.05, 3.63) is 12.2 Å². The van der Waals surface area contributed by atoms with Gasteiger partial charge < -0.3 is 0 Å². The van der Waals surface area contributed by atoms with Gasteiger partial charge in [0, 0.05) is 0 Å². The summed E-state index contributed by atoms with van der Waals surface area (Å²) in [5, 5.41) is 0. The van der Waals surface area contributed by atoms with Crippen LogP contribution in [0.2, 0.25) is 0 Å². The molecule has 0 atom stereocenters. The molecule has 0 saturated carbocycles. The van der Waals surface area contributed by atoms with Gasteiger partial charge in [0.1, 0.15) is 0 Å². The maximum absolute atomic E-state index is 10.7. The van der Waals surface area contributed by atoms with Crippen molar-refractivity contribution in [2.45, 2.75) is 6.92 Å². The summed E-state index contributed by atoms with van der Waals surface area (Å²) in [7, 11) is 3.33. The summed E-state index contributed by atoms with van der Waals surface area (Å²) >= 11 is 0. The summed E-state index contributed by atoms with van der Waals surface area (Å²) in [6.45, 7) is 5.58. The first-order valence-corrected chi connectivity index (χ1v) is 3.23. The van der Waals surface area contributed by atoms with Gasteiger partial charge in [0.2, 0.25) is 0 Å². The summed E-state index contributed by atoms with van der Waals surface area (Å²) < 4.78 is 9.41. The van der Waals surface area contributed by atoms with E-state index in [0.29, 0.717) is 12.2 Å². The van der Waals surface area contributed by atoms with Gasteiger partial charge in [-0.15, -0.1) is 0 Å². The topological polar surface area (TPSA) is 35.5 Å². The SMILES string of the molecule is B=COCCOC(=O)C(=C)C. The molecule has 0 aliphatic heterocycles. The third-order valence-corrected chi connectivity index (χ3v) is 0.901. The second-order valence-corrected chi connectivity index (χ2v) is 1.95. The molecule has 0 heterocycles. The Morgan fingerprint density at radius 2 is 2.27 bits per heavy atom. The van der Waals surface area contributed by atoms with Gasteiger partial charge in [0.25, 0.3) is 0 Å². The van der Waals surface area contributed by atoms with Crippen molar-refractivity contribution < 1.29 is 14.3 Å². The van der Waals surface area contributed by atoms with Crippen molar-refractivity contribution in [1.82, 2.24) is 0 Å². The third kappa shape index (κ3) is 5.39. The van der Waals surface area contributed by atoms with Crippen molar-refractivity contribution in [3.63, 3.8) is 0 Å². The fourth-order valence-corrected chi connectivity index (χ4v) is 0.389. The minimum absolute atomic E-state index is 0.234. The molecular formula is C7H11BO3. The monoisotopic (exact) mass is 154 g/mol. The number of carbonyl (C=O) groups excluding carboxylic acids is 1. The van der Waals surface area contributed by atoms with Crippen molar-refractivity contribution in [1.29, 1.82) is 0 Å². The number of hydrogen-bond acceptors (Lipinski definition) is 3. The molecule has 0 fully saturated rings. The molecule has 0 spiro atoms. The molecule has 0 N–H and O–H groups in total. The predicted octanol–water partition coefficient (Wildman–Crippen LogP) is -0.217. The molecule has 3 nitrogen and oxygen atoms in total. The summed E-state index contributed by atoms with van der Waals surface area (Å²) in [5.41, 5.74) is 0.392. The molecule has 0 aromatic carbocycles. The van der Waals surface area contributed by atoms with Crippen LogP contribution >= 0.6 is 0 Å². The van der Waals surface area contributed by atoms with E-state index in [0.717, 1.165) is 0 Å². The Morgan fingerprint density at radius 1 is 1.64 bits per heavy atom. The standard InChI is InChI=1S/C7H11BO3/c1-6(2)7(9)11-4-3-10-5-8/h5,8H,1,3-4H2,2H3. The van der Waals surface area contributed by atoms with Gasteiger partial charge in [-0.25, -0.2) is 0 Å². The second kappa shape index (κ2) is 5.71. The number of rotatable bonds is 5. The Hall–Kier alpha value is -1.06. The van der Waals surface area contributed by atoms with Crippen LogP contribution < -0.4 is 0 Å². The van der Waals surface area contributed by atoms with Crippen molar-refractivity contribution >= 4 is 19.6 Å². The van der Waals surface area contributed by atoms with Gasteiger partial charge >= 0.3 is 66.2 Å². The van der Waals surface area contributed by atoms with E-state index in [9.17, 15) is 4.79 Å². The van der Waals surface area contributed by atoms with Crippen LogP contribution in [0.5, 0.6) is 0 Å². The van der Waals surface area contributed by atoms with E-state index in [4.69, 9.17) is 9.47 Å². The Kier molecular flexibility index (Phi) is 5.16. The van der Waals surface area contributed by atoms with Crippen molar-refractivity contribution in [2.75, 3.05) is 13.2 Å². The molecule has 0 unspecified atom stereocenters. The molecule has 60 valence electrons. The van der Waals surface area contributed by atoms with Crippen LogP contribution in [0.25, 0.3) is 0 Å². The molecular weight excluding hydrogens is 143 g/mol. The van der Waals surface area contributed by atoms with Gasteiger partial charge in [-0.2, -0.15) is 0 Å². The van der Waals surface area contributed by atoms with Crippen LogP contribution in [0.1, 0.15) is 6.92 Å². The van der Waals surface area contributed by atoms with Crippen molar-refractivity contribution in [3.8, 4) is 0 Å². The first-order valence-electron chi connectivity index (χ1n) is 3.23. The average Bonchev–Trinajstić information content (AvgIpc) is 1.97. The summed E-state index contributed by atoms with van der Waals surface area (Å²) in [6, 6.07) is 0. The molecule has 0 rings (SSSR count). The van der Waals surface area contributed by atoms with Crippen LogP contribution in [-0.2, 0) is 14.3 Å². The van der Waals surface area contributed by atoms with Crippen LogP contribution in [0.3, 0.4) is 0 Å². The molecule has 0 bridgehead atoms. The summed E-state index contributed by atoms with van der Waals surface area (Å²) in [4.78, 5) is 10.7. The first kappa shape index (κ1) is 9.94. The van der Waals surface area contributed by atoms with Crippen LogP contribution in [0.15, 0.2) is 12.2 Å². The minimum atomic E-state index is -0.391. The number of ether oxygens (including phenoxy) is 2. The first-order chi connectivity index (χ1) is 5.18. The van der Waals surface area contributed by atoms with Gasteiger partial charge in [0.15, 0.2) is 0 Å². The molecule has 0 aromatic rings. The van der Waals surface area contributed by atoms with E-state index in [1.54, 1.807) is 6.92 Å². The Bertz CT molecular complexity index is 165. The van der Waals surface area contributed by atoms with E-state index in [1.807, 2.05) is 0 Å². The normalized spacial score (nSPS) is 8.36. The number of esters is 1. The van der Waals surface area contributed by atoms with Crippen LogP contribution in [0, 0.1) is 0 Å². The van der Waals surface area contributed by atoms with E-state index < -0.39 is 5.97 Å². The second-order valence-electron chi connectivity index (χ2n) is 1.95. The summed E-state index contributed by atoms with van der Waals surface area (Å²) in [5.74, 6) is -0.391. The Morgan fingerprint density at radius 3 is 2.73 bits per heavy atom. The van der Waals surface area contributed by atoms with Gasteiger partial charge in [-0.3, -0.25) is 0 Å². The number of carbonyl (C=O) groups is 1. The third-order valence-electron chi connectivity index (χ3n) is 0.901. The predicted molar refractivity (Wildman–Crippen MR) is 44.9 cm³/mol. The Labute approximate surface area is 67.1 Å². The zero-order valence-corrected chi connectivity index (χ0v) is 6.63. The van der Waals surface area contributed by atoms with E-state index in [2.05, 4.69) is 14.1 Å². The van der Waals surface area contributed by atoms with E-state index in [-0.39, 0.29) is 6.61 Å². The van der Waals surface area contributed by atoms with Gasteiger partial charge in [0.05, 0.1) is 0 Å². The van der Waals surface area contributed by atoms with Gasteiger partial charge in [-0.1, -0.05) is 0 Å². The molecule has 11 heavy (non-hydrogen) atoms. The molecule has 0 radical (unpaired) electrons. The molecule has 4 heteroatoms. The summed E-state index contributed by atoms with van der Waals surface area (Å²) in [6.07, 6.45) is 1.30. The maximum atomic E-state index is 10.7. The van der Waals surface area contributed by atoms with Gasteiger partial charge in [-0.05, 0) is 0 Å². The average molecular weight is 154 g/mol. The Balaban J connectivity index is 3.31. The van der Waals surface area contributed by atoms with Crippen molar-refractivity contribution in [2.24, 2.45) is 0 Å². The van der Waals surface area contributed by atoms with E-state index in [1.165, 1.54) is 6.15 Å². The molecule has 0 saturated heterocycles. The quantitative estimate of drug-likeness (QED) is 0.237. The molecule has 0 amide bonds. The van der Waals surface area contributed by atoms with Crippen LogP contribution in [0.4, 0.5) is 0 Å². The fraction of sp³-hybridized carbons (Fsp3) is 0.429. The zero-order valence-electron chi connectivity index (χ0n) is 6.63. The molecule has 0 aromatic heterocycles. The molecule has 0 aliphatic carbocycles. The van der Waals surface area contributed by atoms with Crippen LogP contribution in [-0.4, -0.2) is 32.8 Å². The number of hydrogen-bond donors (Lipinski definition) is 0. The van der Waals surface area contributed by atoms with E-state index >= 15 is 0 Å². The fourth-order valence-electron chi connectivity index (χ4n) is 0.389.